The van der Waals surface area contributed by atoms with E-state index in [1.54, 1.807) is 7.05 Å². The number of hydrogen-bond acceptors (Lipinski definition) is 3. The van der Waals surface area contributed by atoms with Crippen LogP contribution in [0.3, 0.4) is 0 Å². The van der Waals surface area contributed by atoms with Gasteiger partial charge in [-0.15, -0.1) is 12.4 Å². The van der Waals surface area contributed by atoms with E-state index < -0.39 is 6.04 Å². The fraction of sp³-hybridized carbons (Fsp3) is 0.556. The molecular formula is C18H28ClN3O2. The monoisotopic (exact) mass is 353 g/mol. The van der Waals surface area contributed by atoms with Crippen molar-refractivity contribution in [1.82, 2.24) is 15.5 Å². The SMILES string of the molecule is CNC(=O)[C@@H](c1ccccc1)N1CCC[C@H]1C(=O)NCC(C)C.Cl. The molecule has 5 nitrogen and oxygen atoms in total. The van der Waals surface area contributed by atoms with Gasteiger partial charge in [0.25, 0.3) is 0 Å². The summed E-state index contributed by atoms with van der Waals surface area (Å²) in [6.45, 7) is 5.57. The predicted molar refractivity (Wildman–Crippen MR) is 98.1 cm³/mol. The first kappa shape index (κ1) is 20.5. The van der Waals surface area contributed by atoms with Crippen LogP contribution in [0.5, 0.6) is 0 Å². The van der Waals surface area contributed by atoms with E-state index in [2.05, 4.69) is 24.5 Å². The number of benzene rings is 1. The summed E-state index contributed by atoms with van der Waals surface area (Å²) in [7, 11) is 1.64. The van der Waals surface area contributed by atoms with Gasteiger partial charge in [-0.3, -0.25) is 14.5 Å². The van der Waals surface area contributed by atoms with E-state index >= 15 is 0 Å². The van der Waals surface area contributed by atoms with Crippen molar-refractivity contribution in [2.75, 3.05) is 20.1 Å². The van der Waals surface area contributed by atoms with E-state index in [9.17, 15) is 9.59 Å². The van der Waals surface area contributed by atoms with Crippen LogP contribution >= 0.6 is 12.4 Å². The summed E-state index contributed by atoms with van der Waals surface area (Å²) in [5.41, 5.74) is 0.926. The van der Waals surface area contributed by atoms with Crippen LogP contribution in [-0.2, 0) is 9.59 Å². The van der Waals surface area contributed by atoms with E-state index in [1.165, 1.54) is 0 Å². The van der Waals surface area contributed by atoms with Crippen LogP contribution in [0.25, 0.3) is 0 Å². The Morgan fingerprint density at radius 3 is 2.50 bits per heavy atom. The molecule has 1 aromatic rings. The number of carbonyl (C=O) groups excluding carboxylic acids is 2. The summed E-state index contributed by atoms with van der Waals surface area (Å²) < 4.78 is 0. The van der Waals surface area contributed by atoms with Gasteiger partial charge in [-0.2, -0.15) is 0 Å². The Balaban J connectivity index is 0.00000288. The van der Waals surface area contributed by atoms with Gasteiger partial charge < -0.3 is 10.6 Å². The van der Waals surface area contributed by atoms with Gasteiger partial charge in [-0.1, -0.05) is 44.2 Å². The Kier molecular flexibility index (Phi) is 8.22. The van der Waals surface area contributed by atoms with Gasteiger partial charge in [-0.05, 0) is 24.3 Å². The first-order chi connectivity index (χ1) is 11.0. The third-order valence-corrected chi connectivity index (χ3v) is 4.22. The summed E-state index contributed by atoms with van der Waals surface area (Å²) in [6.07, 6.45) is 1.73. The second-order valence-corrected chi connectivity index (χ2v) is 6.46. The lowest BCUT2D eigenvalue weighted by molar-refractivity contribution is -0.131. The first-order valence-corrected chi connectivity index (χ1v) is 8.34. The molecule has 2 rings (SSSR count). The Bertz CT molecular complexity index is 536. The van der Waals surface area contributed by atoms with Gasteiger partial charge >= 0.3 is 0 Å². The molecule has 0 aromatic heterocycles. The zero-order valence-corrected chi connectivity index (χ0v) is 15.4. The quantitative estimate of drug-likeness (QED) is 0.823. The molecule has 0 saturated carbocycles. The van der Waals surface area contributed by atoms with E-state index in [4.69, 9.17) is 0 Å². The summed E-state index contributed by atoms with van der Waals surface area (Å²) in [6, 6.07) is 9.02. The standard InChI is InChI=1S/C18H27N3O2.ClH/c1-13(2)12-20-17(22)15-10-7-11-21(15)16(18(23)19-3)14-8-5-4-6-9-14;/h4-6,8-9,13,15-16H,7,10-12H2,1-3H3,(H,19,23)(H,20,22);1H/t15-,16+;/m0./s1. The van der Waals surface area contributed by atoms with E-state index in [1.807, 2.05) is 35.2 Å². The molecule has 6 heteroatoms. The molecule has 1 aliphatic rings. The summed E-state index contributed by atoms with van der Waals surface area (Å²) in [5, 5.41) is 5.74. The second-order valence-electron chi connectivity index (χ2n) is 6.46. The van der Waals surface area contributed by atoms with Crippen LogP contribution in [0.2, 0.25) is 0 Å². The topological polar surface area (TPSA) is 61.4 Å². The highest BCUT2D eigenvalue weighted by Crippen LogP contribution is 2.29. The van der Waals surface area contributed by atoms with Gasteiger partial charge in [-0.25, -0.2) is 0 Å². The molecule has 0 radical (unpaired) electrons. The molecule has 1 saturated heterocycles. The number of nitrogens with one attached hydrogen (secondary N) is 2. The van der Waals surface area contributed by atoms with Crippen LogP contribution < -0.4 is 10.6 Å². The molecule has 1 aliphatic heterocycles. The Morgan fingerprint density at radius 2 is 1.92 bits per heavy atom. The number of halogens is 1. The molecule has 2 atom stereocenters. The Labute approximate surface area is 150 Å². The van der Waals surface area contributed by atoms with Crippen molar-refractivity contribution < 1.29 is 9.59 Å². The van der Waals surface area contributed by atoms with Crippen molar-refractivity contribution in [3.05, 3.63) is 35.9 Å². The van der Waals surface area contributed by atoms with Gasteiger partial charge in [0, 0.05) is 20.1 Å². The number of rotatable bonds is 6. The van der Waals surface area contributed by atoms with Gasteiger partial charge in [0.2, 0.25) is 11.8 Å². The summed E-state index contributed by atoms with van der Waals surface area (Å²) >= 11 is 0. The molecule has 1 aromatic carbocycles. The molecule has 0 aliphatic carbocycles. The van der Waals surface area contributed by atoms with Crippen molar-refractivity contribution >= 4 is 24.2 Å². The van der Waals surface area contributed by atoms with Crippen LogP contribution in [0, 0.1) is 5.92 Å². The zero-order chi connectivity index (χ0) is 16.8. The number of likely N-dealkylation sites (tertiary alicyclic amines) is 1. The average molecular weight is 354 g/mol. The molecule has 1 fully saturated rings. The van der Waals surface area contributed by atoms with Crippen LogP contribution in [0.1, 0.15) is 38.3 Å². The molecule has 0 spiro atoms. The smallest absolute Gasteiger partial charge is 0.241 e. The van der Waals surface area contributed by atoms with E-state index in [0.717, 1.165) is 24.9 Å². The minimum absolute atomic E-state index is 0. The summed E-state index contributed by atoms with van der Waals surface area (Å²) in [5.74, 6) is 0.374. The van der Waals surface area contributed by atoms with Crippen LogP contribution in [0.4, 0.5) is 0 Å². The van der Waals surface area contributed by atoms with Gasteiger partial charge in [0.1, 0.15) is 6.04 Å². The third kappa shape index (κ3) is 4.95. The largest absolute Gasteiger partial charge is 0.358 e. The second kappa shape index (κ2) is 9.64. The Hall–Kier alpha value is -1.59. The highest BCUT2D eigenvalue weighted by atomic mass is 35.5. The third-order valence-electron chi connectivity index (χ3n) is 4.22. The molecular weight excluding hydrogens is 326 g/mol. The fourth-order valence-corrected chi connectivity index (χ4v) is 3.07. The maximum atomic E-state index is 12.5. The molecule has 1 heterocycles. The van der Waals surface area contributed by atoms with Crippen LogP contribution in [-0.4, -0.2) is 42.9 Å². The molecule has 2 N–H and O–H groups in total. The molecule has 134 valence electrons. The first-order valence-electron chi connectivity index (χ1n) is 8.34. The van der Waals surface area contributed by atoms with Crippen LogP contribution in [0.15, 0.2) is 30.3 Å². The zero-order valence-electron chi connectivity index (χ0n) is 14.6. The lowest BCUT2D eigenvalue weighted by Gasteiger charge is -2.31. The van der Waals surface area contributed by atoms with E-state index in [0.29, 0.717) is 12.5 Å². The average Bonchev–Trinajstić information content (AvgIpc) is 3.03. The maximum absolute atomic E-state index is 12.5. The number of likely N-dealkylation sites (N-methyl/N-ethyl adjacent to an activating group) is 1. The number of nitrogens with zero attached hydrogens (tertiary/aromatic N) is 1. The van der Waals surface area contributed by atoms with Gasteiger partial charge in [0.15, 0.2) is 0 Å². The highest BCUT2D eigenvalue weighted by molar-refractivity contribution is 5.86. The van der Waals surface area contributed by atoms with Crippen molar-refractivity contribution in [2.24, 2.45) is 5.92 Å². The molecule has 0 unspecified atom stereocenters. The predicted octanol–water partition coefficient (Wildman–Crippen LogP) is 2.13. The number of hydrogen-bond donors (Lipinski definition) is 2. The van der Waals surface area contributed by atoms with Crippen molar-refractivity contribution in [1.29, 1.82) is 0 Å². The lowest BCUT2D eigenvalue weighted by Crippen LogP contribution is -2.49. The normalized spacial score (nSPS) is 18.8. The maximum Gasteiger partial charge on any atom is 0.241 e. The minimum Gasteiger partial charge on any atom is -0.358 e. The minimum atomic E-state index is -0.418. The summed E-state index contributed by atoms with van der Waals surface area (Å²) in [4.78, 5) is 27.0. The van der Waals surface area contributed by atoms with E-state index in [-0.39, 0.29) is 30.3 Å². The molecule has 24 heavy (non-hydrogen) atoms. The molecule has 2 amide bonds. The molecule has 0 bridgehead atoms. The van der Waals surface area contributed by atoms with Crippen molar-refractivity contribution in [2.45, 2.75) is 38.8 Å². The lowest BCUT2D eigenvalue weighted by atomic mass is 10.0. The van der Waals surface area contributed by atoms with Crippen molar-refractivity contribution in [3.63, 3.8) is 0 Å². The van der Waals surface area contributed by atoms with Crippen molar-refractivity contribution in [3.8, 4) is 0 Å². The highest BCUT2D eigenvalue weighted by Gasteiger charge is 2.38. The fourth-order valence-electron chi connectivity index (χ4n) is 3.07. The number of carbonyl (C=O) groups is 2. The van der Waals surface area contributed by atoms with Gasteiger partial charge in [0.05, 0.1) is 6.04 Å². The number of amides is 2. The Morgan fingerprint density at radius 1 is 1.25 bits per heavy atom.